The van der Waals surface area contributed by atoms with E-state index in [1.807, 2.05) is 0 Å². The molecule has 3 nitrogen and oxygen atoms in total. The highest BCUT2D eigenvalue weighted by Gasteiger charge is 2.25. The van der Waals surface area contributed by atoms with Gasteiger partial charge in [-0.1, -0.05) is 33.1 Å². The van der Waals surface area contributed by atoms with E-state index in [4.69, 9.17) is 0 Å². The zero-order valence-corrected chi connectivity index (χ0v) is 12.1. The standard InChI is InChI=1S/C13H27NO2S/c1-3-5-8-12(7-4-2)14-13-9-6-10-17(15,16)11-13/h12-14H,3-11H2,1-2H3. The lowest BCUT2D eigenvalue weighted by Crippen LogP contribution is -2.45. The Kier molecular flexibility index (Phi) is 6.49. The van der Waals surface area contributed by atoms with Crippen molar-refractivity contribution in [1.82, 2.24) is 5.32 Å². The van der Waals surface area contributed by atoms with E-state index in [1.165, 1.54) is 25.7 Å². The summed E-state index contributed by atoms with van der Waals surface area (Å²) >= 11 is 0. The van der Waals surface area contributed by atoms with Crippen LogP contribution >= 0.6 is 0 Å². The molecule has 1 saturated heterocycles. The van der Waals surface area contributed by atoms with Crippen LogP contribution in [0.15, 0.2) is 0 Å². The molecule has 4 heteroatoms. The summed E-state index contributed by atoms with van der Waals surface area (Å²) in [6, 6.07) is 0.709. The maximum atomic E-state index is 11.6. The molecule has 0 amide bonds. The van der Waals surface area contributed by atoms with Crippen LogP contribution in [0.4, 0.5) is 0 Å². The highest BCUT2D eigenvalue weighted by molar-refractivity contribution is 7.91. The van der Waals surface area contributed by atoms with E-state index in [9.17, 15) is 8.42 Å². The first-order valence-corrected chi connectivity index (χ1v) is 8.86. The summed E-state index contributed by atoms with van der Waals surface area (Å²) in [5.74, 6) is 0.734. The second kappa shape index (κ2) is 7.37. The molecule has 0 radical (unpaired) electrons. The van der Waals surface area contributed by atoms with Gasteiger partial charge in [-0.2, -0.15) is 0 Å². The molecular formula is C13H27NO2S. The topological polar surface area (TPSA) is 46.2 Å². The third-order valence-corrected chi connectivity index (χ3v) is 5.30. The van der Waals surface area contributed by atoms with E-state index in [2.05, 4.69) is 19.2 Å². The number of rotatable bonds is 7. The highest BCUT2D eigenvalue weighted by Crippen LogP contribution is 2.15. The second-order valence-corrected chi connectivity index (χ2v) is 7.48. The van der Waals surface area contributed by atoms with Gasteiger partial charge in [0, 0.05) is 12.1 Å². The number of hydrogen-bond donors (Lipinski definition) is 1. The van der Waals surface area contributed by atoms with Crippen LogP contribution in [0.3, 0.4) is 0 Å². The Morgan fingerprint density at radius 3 is 2.59 bits per heavy atom. The molecule has 0 aliphatic carbocycles. The predicted molar refractivity (Wildman–Crippen MR) is 73.0 cm³/mol. The maximum absolute atomic E-state index is 11.6. The first kappa shape index (κ1) is 15.0. The maximum Gasteiger partial charge on any atom is 0.151 e. The Hall–Kier alpha value is -0.0900. The first-order valence-electron chi connectivity index (χ1n) is 7.04. The van der Waals surface area contributed by atoms with Crippen molar-refractivity contribution in [3.05, 3.63) is 0 Å². The van der Waals surface area contributed by atoms with Crippen LogP contribution in [-0.2, 0) is 9.84 Å². The van der Waals surface area contributed by atoms with Gasteiger partial charge in [0.05, 0.1) is 11.5 Å². The van der Waals surface area contributed by atoms with Crippen molar-refractivity contribution in [1.29, 1.82) is 0 Å². The van der Waals surface area contributed by atoms with E-state index >= 15 is 0 Å². The molecule has 0 aromatic rings. The van der Waals surface area contributed by atoms with Crippen LogP contribution in [0.2, 0.25) is 0 Å². The SMILES string of the molecule is CCCCC(CCC)NC1CCCS(=O)(=O)C1. The molecule has 2 unspecified atom stereocenters. The monoisotopic (exact) mass is 261 g/mol. The number of sulfone groups is 1. The Morgan fingerprint density at radius 2 is 2.00 bits per heavy atom. The molecule has 0 spiro atoms. The molecule has 0 bridgehead atoms. The average molecular weight is 261 g/mol. The van der Waals surface area contributed by atoms with Crippen LogP contribution in [-0.4, -0.2) is 32.0 Å². The summed E-state index contributed by atoms with van der Waals surface area (Å²) in [4.78, 5) is 0. The van der Waals surface area contributed by atoms with E-state index in [0.717, 1.165) is 19.3 Å². The molecular weight excluding hydrogens is 234 g/mol. The smallest absolute Gasteiger partial charge is 0.151 e. The fourth-order valence-electron chi connectivity index (χ4n) is 2.60. The lowest BCUT2D eigenvalue weighted by Gasteiger charge is -2.28. The van der Waals surface area contributed by atoms with Crippen LogP contribution in [0.5, 0.6) is 0 Å². The highest BCUT2D eigenvalue weighted by atomic mass is 32.2. The number of unbranched alkanes of at least 4 members (excludes halogenated alkanes) is 1. The third kappa shape index (κ3) is 5.87. The molecule has 1 rings (SSSR count). The van der Waals surface area contributed by atoms with Crippen LogP contribution in [0.25, 0.3) is 0 Å². The second-order valence-electron chi connectivity index (χ2n) is 5.25. The fraction of sp³-hybridized carbons (Fsp3) is 1.00. The summed E-state index contributed by atoms with van der Waals surface area (Å²) in [6.45, 7) is 4.40. The molecule has 0 aromatic carbocycles. The Balaban J connectivity index is 2.42. The average Bonchev–Trinajstić information content (AvgIpc) is 2.25. The molecule has 2 atom stereocenters. The Labute approximate surface area is 106 Å². The summed E-state index contributed by atoms with van der Waals surface area (Å²) in [5, 5.41) is 3.57. The van der Waals surface area contributed by atoms with Gasteiger partial charge < -0.3 is 5.32 Å². The lowest BCUT2D eigenvalue weighted by molar-refractivity contribution is 0.372. The van der Waals surface area contributed by atoms with Crippen molar-refractivity contribution >= 4 is 9.84 Å². The molecule has 0 saturated carbocycles. The molecule has 1 N–H and O–H groups in total. The Morgan fingerprint density at radius 1 is 1.24 bits per heavy atom. The summed E-state index contributed by atoms with van der Waals surface area (Å²) < 4.78 is 23.1. The van der Waals surface area contributed by atoms with Gasteiger partial charge in [0.1, 0.15) is 0 Å². The van der Waals surface area contributed by atoms with Crippen molar-refractivity contribution < 1.29 is 8.42 Å². The van der Waals surface area contributed by atoms with Gasteiger partial charge in [-0.15, -0.1) is 0 Å². The molecule has 1 fully saturated rings. The lowest BCUT2D eigenvalue weighted by atomic mass is 10.0. The van der Waals surface area contributed by atoms with Gasteiger partial charge in [0.2, 0.25) is 0 Å². The largest absolute Gasteiger partial charge is 0.310 e. The summed E-state index contributed by atoms with van der Waals surface area (Å²) in [7, 11) is -2.78. The predicted octanol–water partition coefficient (Wildman–Crippen LogP) is 2.51. The number of hydrogen-bond acceptors (Lipinski definition) is 3. The van der Waals surface area contributed by atoms with Crippen molar-refractivity contribution in [3.8, 4) is 0 Å². The van der Waals surface area contributed by atoms with Gasteiger partial charge in [-0.25, -0.2) is 8.42 Å². The van der Waals surface area contributed by atoms with Gasteiger partial charge in [0.15, 0.2) is 9.84 Å². The minimum Gasteiger partial charge on any atom is -0.310 e. The van der Waals surface area contributed by atoms with Gasteiger partial charge >= 0.3 is 0 Å². The fourth-order valence-corrected chi connectivity index (χ4v) is 4.25. The van der Waals surface area contributed by atoms with Crippen molar-refractivity contribution in [2.75, 3.05) is 11.5 Å². The van der Waals surface area contributed by atoms with Crippen molar-refractivity contribution in [2.45, 2.75) is 70.9 Å². The minimum absolute atomic E-state index is 0.196. The van der Waals surface area contributed by atoms with Crippen LogP contribution < -0.4 is 5.32 Å². The van der Waals surface area contributed by atoms with E-state index in [1.54, 1.807) is 0 Å². The zero-order valence-electron chi connectivity index (χ0n) is 11.2. The van der Waals surface area contributed by atoms with Crippen molar-refractivity contribution in [2.24, 2.45) is 0 Å². The summed E-state index contributed by atoms with van der Waals surface area (Å²) in [5.41, 5.74) is 0. The molecule has 17 heavy (non-hydrogen) atoms. The van der Waals surface area contributed by atoms with Gasteiger partial charge in [-0.05, 0) is 25.7 Å². The van der Waals surface area contributed by atoms with Crippen LogP contribution in [0.1, 0.15) is 58.8 Å². The summed E-state index contributed by atoms with van der Waals surface area (Å²) in [6.07, 6.45) is 7.80. The van der Waals surface area contributed by atoms with Crippen LogP contribution in [0, 0.1) is 0 Å². The minimum atomic E-state index is -2.78. The molecule has 1 aliphatic rings. The molecule has 0 aromatic heterocycles. The van der Waals surface area contributed by atoms with E-state index in [-0.39, 0.29) is 6.04 Å². The first-order chi connectivity index (χ1) is 8.07. The molecule has 102 valence electrons. The van der Waals surface area contributed by atoms with Crippen molar-refractivity contribution in [3.63, 3.8) is 0 Å². The normalized spacial score (nSPS) is 25.6. The zero-order chi connectivity index (χ0) is 12.7. The quantitative estimate of drug-likeness (QED) is 0.766. The van der Waals surface area contributed by atoms with Gasteiger partial charge in [0.25, 0.3) is 0 Å². The van der Waals surface area contributed by atoms with E-state index < -0.39 is 9.84 Å². The third-order valence-electron chi connectivity index (χ3n) is 3.48. The Bertz CT molecular complexity index is 301. The molecule has 1 heterocycles. The number of nitrogens with one attached hydrogen (secondary N) is 1. The van der Waals surface area contributed by atoms with Gasteiger partial charge in [-0.3, -0.25) is 0 Å². The van der Waals surface area contributed by atoms with E-state index in [0.29, 0.717) is 17.5 Å². The molecule has 1 aliphatic heterocycles.